The SMILES string of the molecule is COc1ccc(NC(=O)c2ccncc2)c(OC)c1C. The van der Waals surface area contributed by atoms with Crippen LogP contribution >= 0.6 is 0 Å². The van der Waals surface area contributed by atoms with E-state index in [1.54, 1.807) is 50.9 Å². The highest BCUT2D eigenvalue weighted by Crippen LogP contribution is 2.35. The lowest BCUT2D eigenvalue weighted by molar-refractivity contribution is 0.102. The largest absolute Gasteiger partial charge is 0.496 e. The van der Waals surface area contributed by atoms with E-state index in [1.165, 1.54) is 0 Å². The summed E-state index contributed by atoms with van der Waals surface area (Å²) in [5.74, 6) is 1.09. The number of aromatic nitrogens is 1. The Morgan fingerprint density at radius 2 is 1.80 bits per heavy atom. The van der Waals surface area contributed by atoms with Crippen LogP contribution in [0.25, 0.3) is 0 Å². The molecule has 0 aliphatic rings. The number of carbonyl (C=O) groups excluding carboxylic acids is 1. The molecule has 2 rings (SSSR count). The fourth-order valence-electron chi connectivity index (χ4n) is 1.95. The maximum Gasteiger partial charge on any atom is 0.255 e. The summed E-state index contributed by atoms with van der Waals surface area (Å²) in [6.45, 7) is 1.87. The molecule has 0 atom stereocenters. The maximum absolute atomic E-state index is 12.1. The first kappa shape index (κ1) is 13.9. The average Bonchev–Trinajstić information content (AvgIpc) is 2.48. The van der Waals surface area contributed by atoms with Gasteiger partial charge in [0, 0.05) is 23.5 Å². The van der Waals surface area contributed by atoms with Gasteiger partial charge in [0.05, 0.1) is 19.9 Å². The number of benzene rings is 1. The molecule has 0 fully saturated rings. The first-order valence-electron chi connectivity index (χ1n) is 6.10. The molecule has 1 aromatic heterocycles. The lowest BCUT2D eigenvalue weighted by atomic mass is 10.1. The summed E-state index contributed by atoms with van der Waals surface area (Å²) in [5, 5.41) is 2.82. The minimum Gasteiger partial charge on any atom is -0.496 e. The smallest absolute Gasteiger partial charge is 0.255 e. The second-order valence-corrected chi connectivity index (χ2v) is 4.16. The lowest BCUT2D eigenvalue weighted by Gasteiger charge is -2.15. The van der Waals surface area contributed by atoms with Gasteiger partial charge in [-0.15, -0.1) is 0 Å². The van der Waals surface area contributed by atoms with Crippen LogP contribution in [0.4, 0.5) is 5.69 Å². The molecule has 2 aromatic rings. The second kappa shape index (κ2) is 6.06. The Morgan fingerprint density at radius 1 is 1.10 bits per heavy atom. The molecule has 1 aromatic carbocycles. The van der Waals surface area contributed by atoms with Crippen molar-refractivity contribution in [1.29, 1.82) is 0 Å². The van der Waals surface area contributed by atoms with Crippen LogP contribution in [-0.4, -0.2) is 25.1 Å². The molecule has 104 valence electrons. The molecule has 1 N–H and O–H groups in total. The summed E-state index contributed by atoms with van der Waals surface area (Å²) in [5.41, 5.74) is 1.98. The fourth-order valence-corrected chi connectivity index (χ4v) is 1.95. The maximum atomic E-state index is 12.1. The highest BCUT2D eigenvalue weighted by atomic mass is 16.5. The van der Waals surface area contributed by atoms with E-state index in [9.17, 15) is 4.79 Å². The Labute approximate surface area is 117 Å². The van der Waals surface area contributed by atoms with E-state index < -0.39 is 0 Å². The van der Waals surface area contributed by atoms with Gasteiger partial charge in [0.25, 0.3) is 5.91 Å². The van der Waals surface area contributed by atoms with Crippen LogP contribution in [-0.2, 0) is 0 Å². The van der Waals surface area contributed by atoms with Crippen molar-refractivity contribution in [3.63, 3.8) is 0 Å². The molecule has 0 radical (unpaired) electrons. The van der Waals surface area contributed by atoms with Crippen LogP contribution in [0.1, 0.15) is 15.9 Å². The topological polar surface area (TPSA) is 60.5 Å². The number of nitrogens with zero attached hydrogens (tertiary/aromatic N) is 1. The van der Waals surface area contributed by atoms with Gasteiger partial charge in [-0.05, 0) is 31.2 Å². The minimum atomic E-state index is -0.213. The minimum absolute atomic E-state index is 0.213. The third-order valence-corrected chi connectivity index (χ3v) is 2.97. The molecule has 0 saturated carbocycles. The molecule has 5 heteroatoms. The van der Waals surface area contributed by atoms with Gasteiger partial charge in [-0.1, -0.05) is 0 Å². The van der Waals surface area contributed by atoms with Gasteiger partial charge in [-0.2, -0.15) is 0 Å². The van der Waals surface area contributed by atoms with E-state index in [4.69, 9.17) is 9.47 Å². The molecule has 0 saturated heterocycles. The monoisotopic (exact) mass is 272 g/mol. The lowest BCUT2D eigenvalue weighted by Crippen LogP contribution is -2.13. The van der Waals surface area contributed by atoms with Crippen molar-refractivity contribution in [1.82, 2.24) is 4.98 Å². The number of ether oxygens (including phenoxy) is 2. The zero-order valence-corrected chi connectivity index (χ0v) is 11.6. The third-order valence-electron chi connectivity index (χ3n) is 2.97. The van der Waals surface area contributed by atoms with Gasteiger partial charge in [0.15, 0.2) is 0 Å². The number of methoxy groups -OCH3 is 2. The number of carbonyl (C=O) groups is 1. The Bertz CT molecular complexity index is 612. The summed E-state index contributed by atoms with van der Waals surface area (Å²) in [7, 11) is 3.15. The Balaban J connectivity index is 2.30. The Morgan fingerprint density at radius 3 is 2.40 bits per heavy atom. The van der Waals surface area contributed by atoms with Crippen molar-refractivity contribution in [2.75, 3.05) is 19.5 Å². The molecule has 0 spiro atoms. The van der Waals surface area contributed by atoms with Crippen molar-refractivity contribution < 1.29 is 14.3 Å². The summed E-state index contributed by atoms with van der Waals surface area (Å²) < 4.78 is 10.6. The third kappa shape index (κ3) is 2.71. The van der Waals surface area contributed by atoms with Crippen molar-refractivity contribution >= 4 is 11.6 Å². The number of rotatable bonds is 4. The molecule has 20 heavy (non-hydrogen) atoms. The van der Waals surface area contributed by atoms with Crippen molar-refractivity contribution in [2.45, 2.75) is 6.92 Å². The van der Waals surface area contributed by atoms with E-state index in [1.807, 2.05) is 6.92 Å². The number of hydrogen-bond acceptors (Lipinski definition) is 4. The molecule has 0 bridgehead atoms. The van der Waals surface area contributed by atoms with Crippen LogP contribution in [0.15, 0.2) is 36.7 Å². The number of amides is 1. The van der Waals surface area contributed by atoms with Crippen LogP contribution < -0.4 is 14.8 Å². The predicted octanol–water partition coefficient (Wildman–Crippen LogP) is 2.66. The average molecular weight is 272 g/mol. The van der Waals surface area contributed by atoms with Gasteiger partial charge < -0.3 is 14.8 Å². The van der Waals surface area contributed by atoms with Crippen LogP contribution in [0.2, 0.25) is 0 Å². The zero-order chi connectivity index (χ0) is 14.5. The van der Waals surface area contributed by atoms with Crippen LogP contribution in [0.5, 0.6) is 11.5 Å². The number of nitrogens with one attached hydrogen (secondary N) is 1. The van der Waals surface area contributed by atoms with Gasteiger partial charge >= 0.3 is 0 Å². The number of anilines is 1. The van der Waals surface area contributed by atoms with Gasteiger partial charge in [0.2, 0.25) is 0 Å². The summed E-state index contributed by atoms with van der Waals surface area (Å²) in [4.78, 5) is 16.0. The molecule has 0 aliphatic heterocycles. The predicted molar refractivity (Wildman–Crippen MR) is 76.5 cm³/mol. The number of hydrogen-bond donors (Lipinski definition) is 1. The second-order valence-electron chi connectivity index (χ2n) is 4.16. The normalized spacial score (nSPS) is 9.95. The van der Waals surface area contributed by atoms with Gasteiger partial charge in [-0.3, -0.25) is 9.78 Å². The van der Waals surface area contributed by atoms with Crippen molar-refractivity contribution in [3.05, 3.63) is 47.8 Å². The van der Waals surface area contributed by atoms with E-state index >= 15 is 0 Å². The van der Waals surface area contributed by atoms with E-state index in [-0.39, 0.29) is 5.91 Å². The fraction of sp³-hybridized carbons (Fsp3) is 0.200. The highest BCUT2D eigenvalue weighted by Gasteiger charge is 2.14. The quantitative estimate of drug-likeness (QED) is 0.929. The Kier molecular flexibility index (Phi) is 4.20. The first-order chi connectivity index (χ1) is 9.67. The van der Waals surface area contributed by atoms with E-state index in [2.05, 4.69) is 10.3 Å². The van der Waals surface area contributed by atoms with Crippen LogP contribution in [0.3, 0.4) is 0 Å². The molecule has 0 aliphatic carbocycles. The van der Waals surface area contributed by atoms with Gasteiger partial charge in [-0.25, -0.2) is 0 Å². The summed E-state index contributed by atoms with van der Waals surface area (Å²) in [6.07, 6.45) is 3.15. The van der Waals surface area contributed by atoms with Crippen molar-refractivity contribution in [3.8, 4) is 11.5 Å². The molecule has 1 amide bonds. The first-order valence-corrected chi connectivity index (χ1v) is 6.10. The molecular weight excluding hydrogens is 256 g/mol. The van der Waals surface area contributed by atoms with Gasteiger partial charge in [0.1, 0.15) is 11.5 Å². The zero-order valence-electron chi connectivity index (χ0n) is 11.6. The van der Waals surface area contributed by atoms with Crippen LogP contribution in [0, 0.1) is 6.92 Å². The summed E-state index contributed by atoms with van der Waals surface area (Å²) in [6, 6.07) is 6.85. The van der Waals surface area contributed by atoms with Crippen molar-refractivity contribution in [2.24, 2.45) is 0 Å². The molecule has 0 unspecified atom stereocenters. The molecule has 1 heterocycles. The molecular formula is C15H16N2O3. The standard InChI is InChI=1S/C15H16N2O3/c1-10-13(19-2)5-4-12(14(10)20-3)17-15(18)11-6-8-16-9-7-11/h4-9H,1-3H3,(H,17,18). The highest BCUT2D eigenvalue weighted by molar-refractivity contribution is 6.05. The number of pyridine rings is 1. The molecule has 5 nitrogen and oxygen atoms in total. The Hall–Kier alpha value is -2.56. The van der Waals surface area contributed by atoms with E-state index in [0.29, 0.717) is 22.7 Å². The van der Waals surface area contributed by atoms with E-state index in [0.717, 1.165) is 5.56 Å². The summed E-state index contributed by atoms with van der Waals surface area (Å²) >= 11 is 0.